The van der Waals surface area contributed by atoms with Gasteiger partial charge in [-0.3, -0.25) is 14.5 Å². The molecule has 1 N–H and O–H groups in total. The highest BCUT2D eigenvalue weighted by Crippen LogP contribution is 2.40. The van der Waals surface area contributed by atoms with Crippen LogP contribution < -0.4 is 5.32 Å². The smallest absolute Gasteiger partial charge is 0.350 e. The number of hydrogen-bond donors (Lipinski definition) is 1. The Bertz CT molecular complexity index is 689. The summed E-state index contributed by atoms with van der Waals surface area (Å²) in [4.78, 5) is 38.9. The van der Waals surface area contributed by atoms with Crippen LogP contribution in [0.2, 0.25) is 0 Å². The number of nitrogens with zero attached hydrogens (tertiary/aromatic N) is 1. The minimum atomic E-state index is -0.476. The molecule has 1 aromatic rings. The molecule has 0 bridgehead atoms. The summed E-state index contributed by atoms with van der Waals surface area (Å²) in [7, 11) is 2.69. The highest BCUT2D eigenvalue weighted by Gasteiger charge is 2.46. The number of esters is 2. The Morgan fingerprint density at radius 3 is 2.73 bits per heavy atom. The molecule has 0 aromatic carbocycles. The predicted octanol–water partition coefficient (Wildman–Crippen LogP) is 2.28. The molecule has 2 fully saturated rings. The molecular weight excluding hydrogens is 356 g/mol. The number of fused-ring (bicyclic) bond motifs is 1. The molecule has 26 heavy (non-hydrogen) atoms. The molecule has 0 radical (unpaired) electrons. The van der Waals surface area contributed by atoms with E-state index in [1.807, 2.05) is 4.90 Å². The first-order valence-electron chi connectivity index (χ1n) is 8.84. The van der Waals surface area contributed by atoms with E-state index in [1.165, 1.54) is 32.0 Å². The minimum Gasteiger partial charge on any atom is -0.468 e. The van der Waals surface area contributed by atoms with Gasteiger partial charge < -0.3 is 14.8 Å². The highest BCUT2D eigenvalue weighted by molar-refractivity contribution is 7.12. The fraction of sp³-hybridized carbons (Fsp3) is 0.611. The van der Waals surface area contributed by atoms with E-state index in [4.69, 9.17) is 9.47 Å². The van der Waals surface area contributed by atoms with Crippen molar-refractivity contribution >= 4 is 34.9 Å². The van der Waals surface area contributed by atoms with Gasteiger partial charge in [-0.05, 0) is 36.6 Å². The number of methoxy groups -OCH3 is 2. The first kappa shape index (κ1) is 18.8. The molecule has 1 saturated heterocycles. The third-order valence-corrected chi connectivity index (χ3v) is 6.23. The van der Waals surface area contributed by atoms with E-state index < -0.39 is 5.97 Å². The monoisotopic (exact) mass is 380 g/mol. The number of carbonyl (C=O) groups excluding carboxylic acids is 3. The van der Waals surface area contributed by atoms with E-state index in [1.54, 1.807) is 11.4 Å². The van der Waals surface area contributed by atoms with E-state index in [-0.39, 0.29) is 30.5 Å². The SMILES string of the molecule is COC(=O)c1sccc1NC(=O)CN1[C@H](C(=O)OC)C[C@H]2CCCC[C@@H]21. The number of hydrogen-bond acceptors (Lipinski definition) is 7. The molecule has 1 aliphatic heterocycles. The molecule has 2 heterocycles. The number of thiophene rings is 1. The van der Waals surface area contributed by atoms with Crippen molar-refractivity contribution in [1.82, 2.24) is 4.90 Å². The zero-order valence-corrected chi connectivity index (χ0v) is 15.8. The maximum Gasteiger partial charge on any atom is 0.350 e. The lowest BCUT2D eigenvalue weighted by Crippen LogP contribution is -2.46. The predicted molar refractivity (Wildman–Crippen MR) is 97.2 cm³/mol. The molecule has 1 saturated carbocycles. The third-order valence-electron chi connectivity index (χ3n) is 5.33. The number of nitrogens with one attached hydrogen (secondary N) is 1. The largest absolute Gasteiger partial charge is 0.468 e. The number of likely N-dealkylation sites (tertiary alicyclic amines) is 1. The summed E-state index contributed by atoms with van der Waals surface area (Å²) in [5.74, 6) is -0.560. The Morgan fingerprint density at radius 2 is 2.00 bits per heavy atom. The fourth-order valence-corrected chi connectivity index (χ4v) is 4.93. The van der Waals surface area contributed by atoms with Gasteiger partial charge in [-0.2, -0.15) is 0 Å². The molecule has 1 amide bonds. The van der Waals surface area contributed by atoms with Gasteiger partial charge in [0.25, 0.3) is 0 Å². The Hall–Kier alpha value is -1.93. The molecule has 8 heteroatoms. The van der Waals surface area contributed by atoms with Crippen molar-refractivity contribution in [2.45, 2.75) is 44.2 Å². The topological polar surface area (TPSA) is 84.9 Å². The first-order chi connectivity index (χ1) is 12.5. The molecular formula is C18H24N2O5S. The van der Waals surface area contributed by atoms with Crippen LogP contribution in [0.4, 0.5) is 5.69 Å². The third kappa shape index (κ3) is 3.76. The summed E-state index contributed by atoms with van der Waals surface area (Å²) in [5.41, 5.74) is 0.445. The molecule has 1 aliphatic carbocycles. The van der Waals surface area contributed by atoms with Crippen molar-refractivity contribution in [3.8, 4) is 0 Å². The summed E-state index contributed by atoms with van der Waals surface area (Å²) in [6.45, 7) is 0.109. The summed E-state index contributed by atoms with van der Waals surface area (Å²) in [5, 5.41) is 4.51. The van der Waals surface area contributed by atoms with Gasteiger partial charge in [0, 0.05) is 6.04 Å². The molecule has 142 valence electrons. The maximum absolute atomic E-state index is 12.6. The number of ether oxygens (including phenoxy) is 2. The van der Waals surface area contributed by atoms with Crippen LogP contribution in [0.15, 0.2) is 11.4 Å². The second-order valence-corrected chi connectivity index (χ2v) is 7.68. The van der Waals surface area contributed by atoms with E-state index in [2.05, 4.69) is 5.32 Å². The van der Waals surface area contributed by atoms with Gasteiger partial charge in [-0.25, -0.2) is 4.79 Å². The van der Waals surface area contributed by atoms with Gasteiger partial charge in [-0.1, -0.05) is 12.8 Å². The Kier molecular flexibility index (Phi) is 5.93. The maximum atomic E-state index is 12.6. The second kappa shape index (κ2) is 8.18. The lowest BCUT2D eigenvalue weighted by atomic mass is 9.85. The van der Waals surface area contributed by atoms with Crippen molar-refractivity contribution < 1.29 is 23.9 Å². The Labute approximate surface area is 156 Å². The van der Waals surface area contributed by atoms with Crippen molar-refractivity contribution in [3.63, 3.8) is 0 Å². The van der Waals surface area contributed by atoms with Crippen LogP contribution in [0, 0.1) is 5.92 Å². The van der Waals surface area contributed by atoms with Gasteiger partial charge in [0.2, 0.25) is 5.91 Å². The van der Waals surface area contributed by atoms with E-state index in [9.17, 15) is 14.4 Å². The van der Waals surface area contributed by atoms with E-state index in [0.29, 0.717) is 16.5 Å². The molecule has 0 spiro atoms. The average molecular weight is 380 g/mol. The molecule has 2 aliphatic rings. The van der Waals surface area contributed by atoms with Gasteiger partial charge in [0.15, 0.2) is 0 Å². The molecule has 0 unspecified atom stereocenters. The summed E-state index contributed by atoms with van der Waals surface area (Å²) in [6.07, 6.45) is 5.12. The second-order valence-electron chi connectivity index (χ2n) is 6.76. The van der Waals surface area contributed by atoms with Crippen molar-refractivity contribution in [1.29, 1.82) is 0 Å². The van der Waals surface area contributed by atoms with E-state index >= 15 is 0 Å². The van der Waals surface area contributed by atoms with E-state index in [0.717, 1.165) is 25.7 Å². The zero-order chi connectivity index (χ0) is 18.7. The van der Waals surface area contributed by atoms with Crippen LogP contribution in [0.5, 0.6) is 0 Å². The average Bonchev–Trinajstić information content (AvgIpc) is 3.25. The molecule has 3 atom stereocenters. The zero-order valence-electron chi connectivity index (χ0n) is 15.0. The molecule has 7 nitrogen and oxygen atoms in total. The number of anilines is 1. The summed E-state index contributed by atoms with van der Waals surface area (Å²) >= 11 is 1.22. The minimum absolute atomic E-state index is 0.109. The normalized spacial score (nSPS) is 25.4. The van der Waals surface area contributed by atoms with Crippen LogP contribution in [0.3, 0.4) is 0 Å². The highest BCUT2D eigenvalue weighted by atomic mass is 32.1. The summed E-state index contributed by atoms with van der Waals surface area (Å²) in [6, 6.07) is 1.54. The number of rotatable bonds is 5. The number of carbonyl (C=O) groups is 3. The fourth-order valence-electron chi connectivity index (χ4n) is 4.16. The molecule has 3 rings (SSSR count). The lowest BCUT2D eigenvalue weighted by Gasteiger charge is -2.32. The van der Waals surface area contributed by atoms with Crippen LogP contribution in [-0.2, 0) is 19.1 Å². The summed E-state index contributed by atoms with van der Waals surface area (Å²) < 4.78 is 9.68. The molecule has 1 aromatic heterocycles. The first-order valence-corrected chi connectivity index (χ1v) is 9.72. The van der Waals surface area contributed by atoms with Crippen LogP contribution >= 0.6 is 11.3 Å². The van der Waals surface area contributed by atoms with Crippen LogP contribution in [-0.4, -0.2) is 55.6 Å². The lowest BCUT2D eigenvalue weighted by molar-refractivity contribution is -0.146. The van der Waals surface area contributed by atoms with Crippen LogP contribution in [0.1, 0.15) is 41.8 Å². The van der Waals surface area contributed by atoms with Crippen LogP contribution in [0.25, 0.3) is 0 Å². The van der Waals surface area contributed by atoms with Gasteiger partial charge in [-0.15, -0.1) is 11.3 Å². The van der Waals surface area contributed by atoms with Gasteiger partial charge in [0.1, 0.15) is 10.9 Å². The Balaban J connectivity index is 1.71. The van der Waals surface area contributed by atoms with Gasteiger partial charge >= 0.3 is 11.9 Å². The Morgan fingerprint density at radius 1 is 1.23 bits per heavy atom. The quantitative estimate of drug-likeness (QED) is 0.789. The van der Waals surface area contributed by atoms with Crippen molar-refractivity contribution in [3.05, 3.63) is 16.3 Å². The van der Waals surface area contributed by atoms with Crippen molar-refractivity contribution in [2.24, 2.45) is 5.92 Å². The van der Waals surface area contributed by atoms with Gasteiger partial charge in [0.05, 0.1) is 26.5 Å². The number of amides is 1. The van der Waals surface area contributed by atoms with Crippen molar-refractivity contribution in [2.75, 3.05) is 26.1 Å². The standard InChI is InChI=1S/C18H24N2O5S/c1-24-17(22)14-9-11-5-3-4-6-13(11)20(14)10-15(21)19-12-7-8-26-16(12)18(23)25-2/h7-8,11,13-14H,3-6,9-10H2,1-2H3,(H,19,21)/t11-,13+,14+/m1/s1.